The molecule has 2 aromatic rings. The maximum atomic E-state index is 5.48. The van der Waals surface area contributed by atoms with Crippen LogP contribution in [0.5, 0.6) is 0 Å². The van der Waals surface area contributed by atoms with E-state index in [-0.39, 0.29) is 0 Å². The predicted molar refractivity (Wildman–Crippen MR) is 181 cm³/mol. The molecule has 0 bridgehead atoms. The van der Waals surface area contributed by atoms with E-state index in [4.69, 9.17) is 11.5 Å². The van der Waals surface area contributed by atoms with Gasteiger partial charge in [0.1, 0.15) is 0 Å². The molecular weight excluding hydrogens is 490 g/mol. The van der Waals surface area contributed by atoms with Gasteiger partial charge in [-0.25, -0.2) is 0 Å². The van der Waals surface area contributed by atoms with E-state index in [0.717, 1.165) is 36.5 Å². The Morgan fingerprint density at radius 1 is 0.950 bits per heavy atom. The molecule has 1 heterocycles. The molecule has 0 spiro atoms. The number of nitrogens with zero attached hydrogens (tertiary/aromatic N) is 1. The second kappa shape index (κ2) is 26.5. The highest BCUT2D eigenvalue weighted by molar-refractivity contribution is 5.71. The van der Waals surface area contributed by atoms with Crippen LogP contribution in [-0.4, -0.2) is 31.6 Å². The molecule has 6 N–H and O–H groups in total. The quantitative estimate of drug-likeness (QED) is 0.135. The van der Waals surface area contributed by atoms with Crippen molar-refractivity contribution in [3.63, 3.8) is 0 Å². The SMILES string of the molecule is C=C.C=C(N)/C=C\C=C/CNCc1cccc(-c2cccc(C(=C)N/C=C\CN)c2)c1.CC.CC.CN1C=CC1. The fraction of sp³-hybridized carbons (Fsp3) is 0.257. The van der Waals surface area contributed by atoms with Crippen molar-refractivity contribution in [2.75, 3.05) is 26.7 Å². The van der Waals surface area contributed by atoms with E-state index in [9.17, 15) is 0 Å². The predicted octanol–water partition coefficient (Wildman–Crippen LogP) is 7.36. The summed E-state index contributed by atoms with van der Waals surface area (Å²) < 4.78 is 0. The van der Waals surface area contributed by atoms with Gasteiger partial charge in [0.25, 0.3) is 0 Å². The van der Waals surface area contributed by atoms with Crippen LogP contribution >= 0.6 is 0 Å². The van der Waals surface area contributed by atoms with Gasteiger partial charge in [-0.05, 0) is 58.9 Å². The first-order valence-corrected chi connectivity index (χ1v) is 13.8. The van der Waals surface area contributed by atoms with E-state index in [2.05, 4.69) is 97.6 Å². The molecule has 0 radical (unpaired) electrons. The van der Waals surface area contributed by atoms with Gasteiger partial charge in [0.05, 0.1) is 0 Å². The summed E-state index contributed by atoms with van der Waals surface area (Å²) in [6.45, 7) is 24.9. The first-order valence-electron chi connectivity index (χ1n) is 13.8. The molecule has 5 nitrogen and oxygen atoms in total. The summed E-state index contributed by atoms with van der Waals surface area (Å²) in [5.74, 6) is 0. The molecule has 0 aromatic heterocycles. The molecule has 2 aromatic carbocycles. The molecule has 40 heavy (non-hydrogen) atoms. The number of rotatable bonds is 11. The van der Waals surface area contributed by atoms with Crippen LogP contribution < -0.4 is 22.1 Å². The van der Waals surface area contributed by atoms with E-state index in [1.807, 2.05) is 70.3 Å². The molecule has 0 unspecified atom stereocenters. The second-order valence-corrected chi connectivity index (χ2v) is 7.86. The Labute approximate surface area is 245 Å². The highest BCUT2D eigenvalue weighted by atomic mass is 15.1. The van der Waals surface area contributed by atoms with Crippen molar-refractivity contribution in [2.24, 2.45) is 11.5 Å². The largest absolute Gasteiger partial charge is 0.399 e. The summed E-state index contributed by atoms with van der Waals surface area (Å²) in [7, 11) is 2.06. The third kappa shape index (κ3) is 18.2. The van der Waals surface area contributed by atoms with Crippen LogP contribution in [0.3, 0.4) is 0 Å². The van der Waals surface area contributed by atoms with Gasteiger partial charge in [-0.2, -0.15) is 0 Å². The van der Waals surface area contributed by atoms with E-state index in [1.165, 1.54) is 11.1 Å². The molecular formula is C35H53N5. The van der Waals surface area contributed by atoms with E-state index >= 15 is 0 Å². The summed E-state index contributed by atoms with van der Waals surface area (Å²) in [5.41, 5.74) is 16.9. The molecule has 0 saturated carbocycles. The van der Waals surface area contributed by atoms with Crippen LogP contribution in [0.4, 0.5) is 0 Å². The van der Waals surface area contributed by atoms with Crippen molar-refractivity contribution < 1.29 is 0 Å². The van der Waals surface area contributed by atoms with Crippen molar-refractivity contribution in [1.29, 1.82) is 0 Å². The number of hydrogen-bond donors (Lipinski definition) is 4. The van der Waals surface area contributed by atoms with Crippen molar-refractivity contribution >= 4 is 5.70 Å². The Morgan fingerprint density at radius 2 is 1.55 bits per heavy atom. The normalized spacial score (nSPS) is 11.1. The third-order valence-electron chi connectivity index (χ3n) is 4.88. The molecule has 0 atom stereocenters. The van der Waals surface area contributed by atoms with Crippen LogP contribution in [0, 0.1) is 0 Å². The Morgan fingerprint density at radius 3 is 2.10 bits per heavy atom. The minimum absolute atomic E-state index is 0.497. The maximum Gasteiger partial charge on any atom is 0.0380 e. The molecule has 0 saturated heterocycles. The molecule has 218 valence electrons. The first-order chi connectivity index (χ1) is 19.5. The Kier molecular flexibility index (Phi) is 25.3. The lowest BCUT2D eigenvalue weighted by molar-refractivity contribution is 0.459. The van der Waals surface area contributed by atoms with E-state index in [0.29, 0.717) is 12.2 Å². The number of likely N-dealkylation sites (N-methyl/N-ethyl adjacent to an activating group) is 1. The summed E-state index contributed by atoms with van der Waals surface area (Å²) in [6, 6.07) is 16.9. The summed E-state index contributed by atoms with van der Waals surface area (Å²) in [5, 5.41) is 6.57. The Hall–Kier alpha value is -4.06. The molecule has 1 aliphatic rings. The molecule has 1 aliphatic heterocycles. The fourth-order valence-electron chi connectivity index (χ4n) is 3.00. The molecule has 3 rings (SSSR count). The van der Waals surface area contributed by atoms with Crippen molar-refractivity contribution in [3.05, 3.63) is 141 Å². The maximum absolute atomic E-state index is 5.48. The zero-order valence-corrected chi connectivity index (χ0v) is 25.5. The molecule has 0 fully saturated rings. The summed E-state index contributed by atoms with van der Waals surface area (Å²) in [4.78, 5) is 2.12. The number of nitrogens with one attached hydrogen (secondary N) is 2. The van der Waals surface area contributed by atoms with Gasteiger partial charge in [-0.3, -0.25) is 0 Å². The first kappa shape index (κ1) is 38.1. The van der Waals surface area contributed by atoms with Gasteiger partial charge < -0.3 is 27.0 Å². The Bertz CT molecular complexity index is 1060. The van der Waals surface area contributed by atoms with Gasteiger partial charge in [-0.15, -0.1) is 13.2 Å². The average Bonchev–Trinajstić information content (AvgIpc) is 2.99. The Balaban J connectivity index is 0. The fourth-order valence-corrected chi connectivity index (χ4v) is 3.00. The molecule has 0 aliphatic carbocycles. The van der Waals surface area contributed by atoms with Crippen molar-refractivity contribution in [1.82, 2.24) is 15.5 Å². The summed E-state index contributed by atoms with van der Waals surface area (Å²) >= 11 is 0. The number of hydrogen-bond acceptors (Lipinski definition) is 5. The van der Waals surface area contributed by atoms with Crippen molar-refractivity contribution in [2.45, 2.75) is 34.2 Å². The standard InChI is InChI=1S/C25H30N4.C4H7N.2C2H6.C2H4/c1-20(27)9-4-3-5-15-28-19-22-10-6-12-24(17-22)25-13-7-11-23(18-25)21(2)29-16-8-14-26;1-5-3-2-4-5;3*1-2/h3-13,16-18,28-29H,1-2,14-15,19,26-27H2;2-3H,4H2,1H3;2*1-2H3;1-2H2/b5-3-,9-4-,16-8-;;;;. The smallest absolute Gasteiger partial charge is 0.0380 e. The number of allylic oxidation sites excluding steroid dienone is 3. The molecule has 5 heteroatoms. The average molecular weight is 544 g/mol. The van der Waals surface area contributed by atoms with Crippen LogP contribution in [0.2, 0.25) is 0 Å². The minimum Gasteiger partial charge on any atom is -0.399 e. The monoisotopic (exact) mass is 543 g/mol. The van der Waals surface area contributed by atoms with Crippen LogP contribution in [0.15, 0.2) is 129 Å². The topological polar surface area (TPSA) is 79.3 Å². The number of benzene rings is 2. The van der Waals surface area contributed by atoms with Gasteiger partial charge in [0, 0.05) is 44.6 Å². The van der Waals surface area contributed by atoms with Crippen LogP contribution in [0.25, 0.3) is 16.8 Å². The minimum atomic E-state index is 0.497. The lowest BCUT2D eigenvalue weighted by Crippen LogP contribution is -2.17. The van der Waals surface area contributed by atoms with Gasteiger partial charge in [0.2, 0.25) is 0 Å². The van der Waals surface area contributed by atoms with Gasteiger partial charge >= 0.3 is 0 Å². The van der Waals surface area contributed by atoms with Gasteiger partial charge in [0.15, 0.2) is 0 Å². The lowest BCUT2D eigenvalue weighted by atomic mass is 10.00. The van der Waals surface area contributed by atoms with Crippen LogP contribution in [0.1, 0.15) is 38.8 Å². The number of nitrogens with two attached hydrogens (primary N) is 2. The summed E-state index contributed by atoms with van der Waals surface area (Å²) in [6.07, 6.45) is 15.5. The van der Waals surface area contributed by atoms with Crippen LogP contribution in [-0.2, 0) is 6.54 Å². The lowest BCUT2D eigenvalue weighted by Gasteiger charge is -2.17. The molecule has 0 amide bonds. The zero-order chi connectivity index (χ0) is 30.6. The van der Waals surface area contributed by atoms with E-state index < -0.39 is 0 Å². The van der Waals surface area contributed by atoms with Gasteiger partial charge in [-0.1, -0.05) is 102 Å². The highest BCUT2D eigenvalue weighted by Crippen LogP contribution is 2.23. The highest BCUT2D eigenvalue weighted by Gasteiger charge is 2.03. The second-order valence-electron chi connectivity index (χ2n) is 7.86. The van der Waals surface area contributed by atoms with Crippen molar-refractivity contribution in [3.8, 4) is 11.1 Å². The third-order valence-corrected chi connectivity index (χ3v) is 4.88. The zero-order valence-electron chi connectivity index (χ0n) is 25.5. The van der Waals surface area contributed by atoms with E-state index in [1.54, 1.807) is 6.08 Å².